The van der Waals surface area contributed by atoms with Crippen LogP contribution in [-0.2, 0) is 4.79 Å². The third kappa shape index (κ3) is 2.62. The number of carbonyl (C=O) groups is 1. The van der Waals surface area contributed by atoms with Crippen LogP contribution < -0.4 is 14.8 Å². The fraction of sp³-hybridized carbons (Fsp3) is 0.364. The smallest absolute Gasteiger partial charge is 0.221 e. The highest BCUT2D eigenvalue weighted by Gasteiger charge is 2.10. The Morgan fingerprint density at radius 3 is 2.40 bits per heavy atom. The highest BCUT2D eigenvalue weighted by atomic mass is 16.5. The Labute approximate surface area is 89.2 Å². The van der Waals surface area contributed by atoms with Crippen LogP contribution in [0, 0.1) is 6.92 Å². The van der Waals surface area contributed by atoms with Crippen molar-refractivity contribution < 1.29 is 14.3 Å². The molecule has 0 aliphatic carbocycles. The van der Waals surface area contributed by atoms with Crippen LogP contribution in [0.15, 0.2) is 12.1 Å². The molecule has 1 aromatic rings. The molecule has 0 saturated heterocycles. The van der Waals surface area contributed by atoms with Crippen LogP contribution in [0.2, 0.25) is 0 Å². The Balaban J connectivity index is 3.18. The first-order valence-corrected chi connectivity index (χ1v) is 4.58. The number of anilines is 1. The van der Waals surface area contributed by atoms with Crippen molar-refractivity contribution in [3.05, 3.63) is 17.7 Å². The van der Waals surface area contributed by atoms with Crippen LogP contribution in [0.3, 0.4) is 0 Å². The summed E-state index contributed by atoms with van der Waals surface area (Å²) in [6.45, 7) is 3.35. The van der Waals surface area contributed by atoms with Gasteiger partial charge in [-0.1, -0.05) is 0 Å². The number of amides is 1. The highest BCUT2D eigenvalue weighted by Crippen LogP contribution is 2.32. The van der Waals surface area contributed by atoms with Crippen LogP contribution >= 0.6 is 0 Å². The normalized spacial score (nSPS) is 9.60. The lowest BCUT2D eigenvalue weighted by atomic mass is 10.1. The summed E-state index contributed by atoms with van der Waals surface area (Å²) in [5, 5.41) is 2.72. The Morgan fingerprint density at radius 1 is 1.27 bits per heavy atom. The first-order valence-electron chi connectivity index (χ1n) is 4.58. The summed E-state index contributed by atoms with van der Waals surface area (Å²) in [5.41, 5.74) is 1.59. The largest absolute Gasteiger partial charge is 0.497 e. The number of hydrogen-bond acceptors (Lipinski definition) is 3. The van der Waals surface area contributed by atoms with Gasteiger partial charge in [0.1, 0.15) is 11.5 Å². The van der Waals surface area contributed by atoms with Gasteiger partial charge in [-0.15, -0.1) is 0 Å². The number of methoxy groups -OCH3 is 2. The van der Waals surface area contributed by atoms with Crippen molar-refractivity contribution in [1.29, 1.82) is 0 Å². The van der Waals surface area contributed by atoms with E-state index in [0.29, 0.717) is 17.2 Å². The minimum Gasteiger partial charge on any atom is -0.497 e. The third-order valence-corrected chi connectivity index (χ3v) is 2.03. The van der Waals surface area contributed by atoms with E-state index < -0.39 is 0 Å². The Morgan fingerprint density at radius 2 is 1.93 bits per heavy atom. The molecule has 0 radical (unpaired) electrons. The van der Waals surface area contributed by atoms with Crippen LogP contribution in [0.1, 0.15) is 12.5 Å². The van der Waals surface area contributed by atoms with Crippen molar-refractivity contribution in [2.24, 2.45) is 0 Å². The van der Waals surface area contributed by atoms with Crippen molar-refractivity contribution in [3.63, 3.8) is 0 Å². The average Bonchev–Trinajstić information content (AvgIpc) is 2.20. The van der Waals surface area contributed by atoms with Gasteiger partial charge in [0.05, 0.1) is 19.9 Å². The molecule has 0 heterocycles. The van der Waals surface area contributed by atoms with Crippen LogP contribution in [0.25, 0.3) is 0 Å². The van der Waals surface area contributed by atoms with Crippen molar-refractivity contribution in [2.45, 2.75) is 13.8 Å². The summed E-state index contributed by atoms with van der Waals surface area (Å²) >= 11 is 0. The van der Waals surface area contributed by atoms with Gasteiger partial charge in [0, 0.05) is 13.0 Å². The summed E-state index contributed by atoms with van der Waals surface area (Å²) in [4.78, 5) is 11.0. The predicted octanol–water partition coefficient (Wildman–Crippen LogP) is 1.97. The van der Waals surface area contributed by atoms with E-state index in [1.54, 1.807) is 20.3 Å². The molecule has 0 aromatic heterocycles. The van der Waals surface area contributed by atoms with Crippen molar-refractivity contribution in [1.82, 2.24) is 0 Å². The fourth-order valence-electron chi connectivity index (χ4n) is 1.34. The molecule has 82 valence electrons. The molecule has 4 heteroatoms. The van der Waals surface area contributed by atoms with E-state index in [9.17, 15) is 4.79 Å². The molecule has 0 unspecified atom stereocenters. The molecule has 1 aromatic carbocycles. The fourth-order valence-corrected chi connectivity index (χ4v) is 1.34. The molecule has 4 nitrogen and oxygen atoms in total. The number of benzene rings is 1. The Hall–Kier alpha value is -1.71. The van der Waals surface area contributed by atoms with Gasteiger partial charge in [-0.3, -0.25) is 4.79 Å². The van der Waals surface area contributed by atoms with Gasteiger partial charge in [-0.25, -0.2) is 0 Å². The molecule has 0 bridgehead atoms. The van der Waals surface area contributed by atoms with Gasteiger partial charge < -0.3 is 14.8 Å². The summed E-state index contributed by atoms with van der Waals surface area (Å²) in [7, 11) is 3.14. The van der Waals surface area contributed by atoms with Gasteiger partial charge in [0.25, 0.3) is 0 Å². The molecule has 0 atom stereocenters. The molecule has 1 rings (SSSR count). The van der Waals surface area contributed by atoms with Crippen LogP contribution in [-0.4, -0.2) is 20.1 Å². The summed E-state index contributed by atoms with van der Waals surface area (Å²) in [6, 6.07) is 3.58. The molecule has 1 N–H and O–H groups in total. The summed E-state index contributed by atoms with van der Waals surface area (Å²) in [5.74, 6) is 1.18. The van der Waals surface area contributed by atoms with E-state index in [2.05, 4.69) is 5.32 Å². The quantitative estimate of drug-likeness (QED) is 0.827. The van der Waals surface area contributed by atoms with Crippen LogP contribution in [0.5, 0.6) is 11.5 Å². The first kappa shape index (κ1) is 11.4. The number of hydrogen-bond donors (Lipinski definition) is 1. The van der Waals surface area contributed by atoms with Crippen molar-refractivity contribution in [3.8, 4) is 11.5 Å². The molecule has 0 spiro atoms. The number of ether oxygens (including phenoxy) is 2. The lowest BCUT2D eigenvalue weighted by molar-refractivity contribution is -0.114. The van der Waals surface area contributed by atoms with Gasteiger partial charge in [0.15, 0.2) is 0 Å². The SMILES string of the molecule is COc1cc(C)c(NC(C)=O)c(OC)c1. The van der Waals surface area contributed by atoms with E-state index in [0.717, 1.165) is 5.56 Å². The number of nitrogens with one attached hydrogen (secondary N) is 1. The molecule has 0 aliphatic rings. The standard InChI is InChI=1S/C11H15NO3/c1-7-5-9(14-3)6-10(15-4)11(7)12-8(2)13/h5-6H,1-4H3,(H,12,13). The second kappa shape index (κ2) is 4.68. The van der Waals surface area contributed by atoms with Crippen molar-refractivity contribution in [2.75, 3.05) is 19.5 Å². The summed E-state index contributed by atoms with van der Waals surface area (Å²) < 4.78 is 10.3. The second-order valence-corrected chi connectivity index (χ2v) is 3.20. The molecular weight excluding hydrogens is 194 g/mol. The second-order valence-electron chi connectivity index (χ2n) is 3.20. The molecular formula is C11H15NO3. The molecule has 0 aliphatic heterocycles. The highest BCUT2D eigenvalue weighted by molar-refractivity contribution is 5.91. The molecule has 1 amide bonds. The minimum absolute atomic E-state index is 0.124. The maximum Gasteiger partial charge on any atom is 0.221 e. The predicted molar refractivity (Wildman–Crippen MR) is 58.6 cm³/mol. The topological polar surface area (TPSA) is 47.6 Å². The zero-order valence-corrected chi connectivity index (χ0v) is 9.38. The van der Waals surface area contributed by atoms with E-state index in [1.807, 2.05) is 13.0 Å². The molecule has 0 saturated carbocycles. The maximum atomic E-state index is 11.0. The Kier molecular flexibility index (Phi) is 3.55. The zero-order chi connectivity index (χ0) is 11.4. The number of aryl methyl sites for hydroxylation is 1. The molecule has 15 heavy (non-hydrogen) atoms. The third-order valence-electron chi connectivity index (χ3n) is 2.03. The van der Waals surface area contributed by atoms with Gasteiger partial charge in [0.2, 0.25) is 5.91 Å². The van der Waals surface area contributed by atoms with Crippen LogP contribution in [0.4, 0.5) is 5.69 Å². The lowest BCUT2D eigenvalue weighted by Gasteiger charge is -2.13. The average molecular weight is 209 g/mol. The summed E-state index contributed by atoms with van der Waals surface area (Å²) in [6.07, 6.45) is 0. The Bertz CT molecular complexity index is 374. The number of rotatable bonds is 3. The van der Waals surface area contributed by atoms with Crippen molar-refractivity contribution >= 4 is 11.6 Å². The van der Waals surface area contributed by atoms with Gasteiger partial charge in [-0.2, -0.15) is 0 Å². The number of carbonyl (C=O) groups excluding carboxylic acids is 1. The van der Waals surface area contributed by atoms with Gasteiger partial charge >= 0.3 is 0 Å². The monoisotopic (exact) mass is 209 g/mol. The van der Waals surface area contributed by atoms with Gasteiger partial charge in [-0.05, 0) is 18.6 Å². The molecule has 0 fully saturated rings. The first-order chi connectivity index (χ1) is 7.08. The van der Waals surface area contributed by atoms with E-state index in [1.165, 1.54) is 6.92 Å². The zero-order valence-electron chi connectivity index (χ0n) is 9.38. The van der Waals surface area contributed by atoms with E-state index in [4.69, 9.17) is 9.47 Å². The minimum atomic E-state index is -0.124. The van der Waals surface area contributed by atoms with E-state index >= 15 is 0 Å². The van der Waals surface area contributed by atoms with E-state index in [-0.39, 0.29) is 5.91 Å². The lowest BCUT2D eigenvalue weighted by Crippen LogP contribution is -2.08. The maximum absolute atomic E-state index is 11.0.